The summed E-state index contributed by atoms with van der Waals surface area (Å²) >= 11 is 1.35. The first kappa shape index (κ1) is 19.9. The van der Waals surface area contributed by atoms with E-state index in [9.17, 15) is 9.59 Å². The monoisotopic (exact) mass is 450 g/mol. The first-order chi connectivity index (χ1) is 15.6. The number of amides is 1. The van der Waals surface area contributed by atoms with Gasteiger partial charge in [0, 0.05) is 25.0 Å². The molecule has 8 heteroatoms. The number of carbonyl (C=O) groups is 1. The number of rotatable bonds is 4. The van der Waals surface area contributed by atoms with Gasteiger partial charge in [0.1, 0.15) is 27.9 Å². The molecule has 0 aliphatic carbocycles. The van der Waals surface area contributed by atoms with Gasteiger partial charge in [-0.3, -0.25) is 14.2 Å². The number of piperidine rings is 1. The lowest BCUT2D eigenvalue weighted by Crippen LogP contribution is -2.43. The van der Waals surface area contributed by atoms with Crippen LogP contribution < -0.4 is 15.2 Å². The number of thiophene rings is 1. The Balaban J connectivity index is 1.23. The molecule has 7 nitrogen and oxygen atoms in total. The Morgan fingerprint density at radius 1 is 1.09 bits per heavy atom. The van der Waals surface area contributed by atoms with Gasteiger partial charge >= 0.3 is 0 Å². The normalized spacial score (nSPS) is 25.7. The minimum Gasteiger partial charge on any atom is -0.490 e. The van der Waals surface area contributed by atoms with Crippen molar-refractivity contribution in [1.29, 1.82) is 0 Å². The molecule has 1 amide bonds. The first-order valence-corrected chi connectivity index (χ1v) is 12.2. The summed E-state index contributed by atoms with van der Waals surface area (Å²) < 4.78 is 8.42. The number of hydrogen-bond donors (Lipinski definition) is 0. The third-order valence-corrected chi connectivity index (χ3v) is 8.37. The number of benzene rings is 1. The minimum absolute atomic E-state index is 0.113. The van der Waals surface area contributed by atoms with E-state index in [0.29, 0.717) is 35.3 Å². The summed E-state index contributed by atoms with van der Waals surface area (Å²) in [5, 5.41) is 0.806. The largest absolute Gasteiger partial charge is 0.490 e. The average molecular weight is 451 g/mol. The zero-order chi connectivity index (χ0) is 21.8. The number of hydrogen-bond acceptors (Lipinski definition) is 6. The van der Waals surface area contributed by atoms with E-state index in [1.165, 1.54) is 24.2 Å². The van der Waals surface area contributed by atoms with Crippen molar-refractivity contribution in [3.05, 3.63) is 47.0 Å². The molecular formula is C24H26N4O3S. The van der Waals surface area contributed by atoms with Crippen molar-refractivity contribution in [2.45, 2.75) is 56.7 Å². The van der Waals surface area contributed by atoms with Gasteiger partial charge in [0.15, 0.2) is 0 Å². The molecule has 0 unspecified atom stereocenters. The van der Waals surface area contributed by atoms with E-state index < -0.39 is 0 Å². The highest BCUT2D eigenvalue weighted by atomic mass is 32.1. The molecule has 2 bridgehead atoms. The van der Waals surface area contributed by atoms with E-state index in [2.05, 4.69) is 16.9 Å². The quantitative estimate of drug-likeness (QED) is 0.608. The fourth-order valence-electron chi connectivity index (χ4n) is 5.43. The molecular weight excluding hydrogens is 424 g/mol. The molecule has 0 N–H and O–H groups in total. The Kier molecular flexibility index (Phi) is 4.80. The van der Waals surface area contributed by atoms with Crippen molar-refractivity contribution in [2.24, 2.45) is 0 Å². The second-order valence-electron chi connectivity index (χ2n) is 9.12. The molecule has 6 rings (SSSR count). The molecule has 3 saturated heterocycles. The summed E-state index contributed by atoms with van der Waals surface area (Å²) in [5.41, 5.74) is 1.29. The van der Waals surface area contributed by atoms with Crippen LogP contribution in [0.15, 0.2) is 41.5 Å². The predicted molar refractivity (Wildman–Crippen MR) is 125 cm³/mol. The van der Waals surface area contributed by atoms with Gasteiger partial charge in [-0.25, -0.2) is 4.98 Å². The second kappa shape index (κ2) is 7.71. The average Bonchev–Trinajstić information content (AvgIpc) is 3.45. The fraction of sp³-hybridized carbons (Fsp3) is 0.458. The number of anilines is 1. The van der Waals surface area contributed by atoms with Gasteiger partial charge in [-0.15, -0.1) is 11.3 Å². The summed E-state index contributed by atoms with van der Waals surface area (Å²) in [6.07, 6.45) is 7.95. The van der Waals surface area contributed by atoms with Crippen molar-refractivity contribution < 1.29 is 9.53 Å². The van der Waals surface area contributed by atoms with E-state index in [4.69, 9.17) is 4.74 Å². The third kappa shape index (κ3) is 3.33. The van der Waals surface area contributed by atoms with Crippen LogP contribution in [0.5, 0.6) is 5.75 Å². The van der Waals surface area contributed by atoms with Crippen molar-refractivity contribution in [3.8, 4) is 11.4 Å². The molecule has 1 aromatic carbocycles. The minimum atomic E-state index is -0.113. The number of ether oxygens (including phenoxy) is 1. The Morgan fingerprint density at radius 2 is 1.84 bits per heavy atom. The van der Waals surface area contributed by atoms with Crippen LogP contribution >= 0.6 is 11.3 Å². The second-order valence-corrected chi connectivity index (χ2v) is 10.2. The summed E-state index contributed by atoms with van der Waals surface area (Å²) in [6, 6.07) is 10.8. The van der Waals surface area contributed by atoms with Crippen molar-refractivity contribution in [3.63, 3.8) is 0 Å². The molecule has 3 aliphatic rings. The standard InChI is InChI=1S/C24H26N4O3S/c1-26-16-4-5-17(26)12-19(11-16)31-18-8-6-15(7-9-18)28-14-25-20-13-22(32-23(20)24(28)30)27-10-2-3-21(27)29/h6-9,13-14,16-17,19H,2-5,10-12H2,1H3/t16-,17+,19-. The highest BCUT2D eigenvalue weighted by Gasteiger charge is 2.39. The highest BCUT2D eigenvalue weighted by molar-refractivity contribution is 7.22. The van der Waals surface area contributed by atoms with Crippen LogP contribution in [-0.4, -0.2) is 52.1 Å². The van der Waals surface area contributed by atoms with Gasteiger partial charge in [-0.05, 0) is 69.5 Å². The maximum Gasteiger partial charge on any atom is 0.275 e. The van der Waals surface area contributed by atoms with Gasteiger partial charge in [0.2, 0.25) is 5.91 Å². The number of fused-ring (bicyclic) bond motifs is 3. The van der Waals surface area contributed by atoms with E-state index in [1.807, 2.05) is 30.3 Å². The molecule has 166 valence electrons. The first-order valence-electron chi connectivity index (χ1n) is 11.4. The topological polar surface area (TPSA) is 67.7 Å². The number of nitrogens with zero attached hydrogens (tertiary/aromatic N) is 4. The van der Waals surface area contributed by atoms with Crippen molar-refractivity contribution in [2.75, 3.05) is 18.5 Å². The number of carbonyl (C=O) groups excluding carboxylic acids is 1. The smallest absolute Gasteiger partial charge is 0.275 e. The summed E-state index contributed by atoms with van der Waals surface area (Å²) in [7, 11) is 2.23. The predicted octanol–water partition coefficient (Wildman–Crippen LogP) is 3.58. The van der Waals surface area contributed by atoms with Crippen LogP contribution in [-0.2, 0) is 4.79 Å². The molecule has 0 radical (unpaired) electrons. The molecule has 3 atom stereocenters. The van der Waals surface area contributed by atoms with E-state index in [-0.39, 0.29) is 17.6 Å². The molecule has 2 aromatic heterocycles. The van der Waals surface area contributed by atoms with Crippen molar-refractivity contribution >= 4 is 32.5 Å². The molecule has 3 aromatic rings. The molecule has 3 fully saturated rings. The van der Waals surface area contributed by atoms with E-state index >= 15 is 0 Å². The third-order valence-electron chi connectivity index (χ3n) is 7.24. The molecule has 0 spiro atoms. The Morgan fingerprint density at radius 3 is 2.53 bits per heavy atom. The fourth-order valence-corrected chi connectivity index (χ4v) is 6.52. The van der Waals surface area contributed by atoms with Crippen LogP contribution in [0.4, 0.5) is 5.00 Å². The van der Waals surface area contributed by atoms with Crippen LogP contribution in [0, 0.1) is 0 Å². The van der Waals surface area contributed by atoms with E-state index in [0.717, 1.165) is 35.7 Å². The lowest BCUT2D eigenvalue weighted by atomic mass is 10.0. The maximum absolute atomic E-state index is 13.1. The highest BCUT2D eigenvalue weighted by Crippen LogP contribution is 2.36. The molecule has 0 saturated carbocycles. The lowest BCUT2D eigenvalue weighted by Gasteiger charge is -2.36. The number of aromatic nitrogens is 2. The summed E-state index contributed by atoms with van der Waals surface area (Å²) in [4.78, 5) is 34.0. The van der Waals surface area contributed by atoms with Crippen LogP contribution in [0.25, 0.3) is 15.9 Å². The van der Waals surface area contributed by atoms with Crippen LogP contribution in [0.1, 0.15) is 38.5 Å². The molecule has 5 heterocycles. The van der Waals surface area contributed by atoms with Crippen LogP contribution in [0.2, 0.25) is 0 Å². The summed E-state index contributed by atoms with van der Waals surface area (Å²) in [5.74, 6) is 0.959. The SMILES string of the molecule is CN1[C@@H]2CC[C@H]1C[C@H](Oc1ccc(-n3cnc4cc(N5CCCC5=O)sc4c3=O)cc1)C2. The van der Waals surface area contributed by atoms with Gasteiger partial charge in [0.25, 0.3) is 5.56 Å². The van der Waals surface area contributed by atoms with Gasteiger partial charge < -0.3 is 14.5 Å². The lowest BCUT2D eigenvalue weighted by molar-refractivity contribution is -0.117. The zero-order valence-electron chi connectivity index (χ0n) is 18.1. The van der Waals surface area contributed by atoms with Crippen LogP contribution in [0.3, 0.4) is 0 Å². The van der Waals surface area contributed by atoms with Gasteiger partial charge in [-0.2, -0.15) is 0 Å². The molecule has 32 heavy (non-hydrogen) atoms. The van der Waals surface area contributed by atoms with Gasteiger partial charge in [0.05, 0.1) is 11.2 Å². The van der Waals surface area contributed by atoms with Crippen molar-refractivity contribution in [1.82, 2.24) is 14.5 Å². The summed E-state index contributed by atoms with van der Waals surface area (Å²) in [6.45, 7) is 0.708. The Labute approximate surface area is 190 Å². The Bertz CT molecular complexity index is 1220. The van der Waals surface area contributed by atoms with E-state index in [1.54, 1.807) is 15.8 Å². The zero-order valence-corrected chi connectivity index (χ0v) is 18.9. The molecule has 3 aliphatic heterocycles. The Hall–Kier alpha value is -2.71. The maximum atomic E-state index is 13.1. The van der Waals surface area contributed by atoms with Gasteiger partial charge in [-0.1, -0.05) is 0 Å².